The number of urea groups is 1. The summed E-state index contributed by atoms with van der Waals surface area (Å²) < 4.78 is 14.1. The average molecular weight is 425 g/mol. The van der Waals surface area contributed by atoms with Crippen molar-refractivity contribution < 1.29 is 14.0 Å². The van der Waals surface area contributed by atoms with Gasteiger partial charge in [-0.3, -0.25) is 4.79 Å². The van der Waals surface area contributed by atoms with E-state index in [-0.39, 0.29) is 11.9 Å². The third-order valence-corrected chi connectivity index (χ3v) is 6.11. The number of piperidine rings is 2. The fraction of sp³-hybridized carbons (Fsp3) is 0.417. The van der Waals surface area contributed by atoms with Gasteiger partial charge in [0.1, 0.15) is 11.7 Å². The van der Waals surface area contributed by atoms with Crippen molar-refractivity contribution in [3.05, 3.63) is 54.6 Å². The van der Waals surface area contributed by atoms with E-state index in [9.17, 15) is 14.0 Å². The molecule has 164 valence electrons. The molecule has 3 amide bonds. The molecule has 0 bridgehead atoms. The lowest BCUT2D eigenvalue weighted by Crippen LogP contribution is -2.53. The predicted octanol–water partition coefficient (Wildman–Crippen LogP) is 4.33. The van der Waals surface area contributed by atoms with Crippen LogP contribution in [0, 0.1) is 0 Å². The Morgan fingerprint density at radius 1 is 1.00 bits per heavy atom. The molecule has 0 saturated carbocycles. The van der Waals surface area contributed by atoms with Crippen molar-refractivity contribution in [3.8, 4) is 0 Å². The fourth-order valence-electron chi connectivity index (χ4n) is 4.19. The molecule has 7 heteroatoms. The Morgan fingerprint density at radius 3 is 2.32 bits per heavy atom. The number of halogens is 1. The first kappa shape index (κ1) is 21.2. The molecule has 2 heterocycles. The second kappa shape index (κ2) is 8.96. The van der Waals surface area contributed by atoms with Crippen molar-refractivity contribution in [1.82, 2.24) is 5.32 Å². The number of alkyl halides is 1. The van der Waals surface area contributed by atoms with Gasteiger partial charge < -0.3 is 20.4 Å². The molecule has 2 aliphatic rings. The van der Waals surface area contributed by atoms with Gasteiger partial charge in [0.05, 0.1) is 0 Å². The van der Waals surface area contributed by atoms with Gasteiger partial charge in [-0.15, -0.1) is 0 Å². The quantitative estimate of drug-likeness (QED) is 0.768. The highest BCUT2D eigenvalue weighted by atomic mass is 19.1. The van der Waals surface area contributed by atoms with Crippen LogP contribution in [0.3, 0.4) is 0 Å². The van der Waals surface area contributed by atoms with Crippen LogP contribution in [0.1, 0.15) is 32.6 Å². The highest BCUT2D eigenvalue weighted by Gasteiger charge is 2.32. The molecule has 31 heavy (non-hydrogen) atoms. The molecular weight excluding hydrogens is 395 g/mol. The molecule has 0 spiro atoms. The summed E-state index contributed by atoms with van der Waals surface area (Å²) in [6.07, 6.45) is 2.48. The van der Waals surface area contributed by atoms with Gasteiger partial charge in [-0.2, -0.15) is 0 Å². The fourth-order valence-corrected chi connectivity index (χ4v) is 4.19. The van der Waals surface area contributed by atoms with Crippen LogP contribution < -0.4 is 20.4 Å². The number of para-hydroxylation sites is 1. The van der Waals surface area contributed by atoms with E-state index in [4.69, 9.17) is 0 Å². The third kappa shape index (κ3) is 5.16. The maximum atomic E-state index is 14.1. The van der Waals surface area contributed by atoms with E-state index in [0.29, 0.717) is 44.6 Å². The van der Waals surface area contributed by atoms with Crippen molar-refractivity contribution in [2.75, 3.05) is 34.8 Å². The number of anilines is 3. The van der Waals surface area contributed by atoms with E-state index in [1.54, 1.807) is 24.0 Å². The molecule has 2 saturated heterocycles. The molecule has 2 N–H and O–H groups in total. The van der Waals surface area contributed by atoms with E-state index in [1.165, 1.54) is 0 Å². The molecule has 2 aliphatic heterocycles. The van der Waals surface area contributed by atoms with Gasteiger partial charge >= 0.3 is 6.03 Å². The summed E-state index contributed by atoms with van der Waals surface area (Å²) in [5, 5.41) is 5.56. The predicted molar refractivity (Wildman–Crippen MR) is 121 cm³/mol. The summed E-state index contributed by atoms with van der Waals surface area (Å²) in [5.41, 5.74) is 1.46. The lowest BCUT2D eigenvalue weighted by molar-refractivity contribution is -0.121. The Bertz CT molecular complexity index is 907. The van der Waals surface area contributed by atoms with E-state index >= 15 is 0 Å². The number of hydrogen-bond acceptors (Lipinski definition) is 3. The van der Waals surface area contributed by atoms with Crippen molar-refractivity contribution in [3.63, 3.8) is 0 Å². The summed E-state index contributed by atoms with van der Waals surface area (Å²) in [4.78, 5) is 29.2. The third-order valence-electron chi connectivity index (χ3n) is 6.11. The second-order valence-corrected chi connectivity index (χ2v) is 8.57. The molecule has 0 aromatic heterocycles. The average Bonchev–Trinajstić information content (AvgIpc) is 2.76. The Balaban J connectivity index is 1.37. The molecular formula is C24H29FN4O2. The van der Waals surface area contributed by atoms with Gasteiger partial charge in [-0.05, 0) is 69.0 Å². The standard InChI is InChI=1S/C24H29FN4O2/c1-24(25)13-16-28(17-14-24)19-9-11-20(12-10-19)29-15-5-8-21(22(29)30)27-23(31)26-18-6-3-2-4-7-18/h2-4,6-7,9-12,21H,5,8,13-17H2,1H3,(H2,26,27,31)/t21-/m1/s1. The second-order valence-electron chi connectivity index (χ2n) is 8.57. The van der Waals surface area contributed by atoms with Crippen molar-refractivity contribution in [2.45, 2.75) is 44.3 Å². The monoisotopic (exact) mass is 424 g/mol. The lowest BCUT2D eigenvalue weighted by atomic mass is 9.95. The summed E-state index contributed by atoms with van der Waals surface area (Å²) in [5.74, 6) is -0.103. The van der Waals surface area contributed by atoms with E-state index in [2.05, 4.69) is 15.5 Å². The Kier molecular flexibility index (Phi) is 6.11. The first-order valence-corrected chi connectivity index (χ1v) is 10.9. The molecule has 0 radical (unpaired) electrons. The topological polar surface area (TPSA) is 64.7 Å². The highest BCUT2D eigenvalue weighted by molar-refractivity contribution is 6.01. The first-order valence-electron chi connectivity index (χ1n) is 10.9. The van der Waals surface area contributed by atoms with Crippen LogP contribution in [0.2, 0.25) is 0 Å². The first-order chi connectivity index (χ1) is 14.9. The number of nitrogens with zero attached hydrogens (tertiary/aromatic N) is 2. The minimum Gasteiger partial charge on any atom is -0.371 e. The van der Waals surface area contributed by atoms with Crippen LogP contribution in [0.5, 0.6) is 0 Å². The van der Waals surface area contributed by atoms with Crippen LogP contribution >= 0.6 is 0 Å². The number of nitrogens with one attached hydrogen (secondary N) is 2. The van der Waals surface area contributed by atoms with Crippen molar-refractivity contribution >= 4 is 29.0 Å². The van der Waals surface area contributed by atoms with Crippen LogP contribution in [-0.2, 0) is 4.79 Å². The van der Waals surface area contributed by atoms with Gasteiger partial charge in [-0.1, -0.05) is 18.2 Å². The number of rotatable bonds is 4. The van der Waals surface area contributed by atoms with Gasteiger partial charge in [0.15, 0.2) is 0 Å². The number of amides is 3. The largest absolute Gasteiger partial charge is 0.371 e. The number of benzene rings is 2. The zero-order valence-electron chi connectivity index (χ0n) is 17.8. The van der Waals surface area contributed by atoms with Crippen LogP contribution in [0.15, 0.2) is 54.6 Å². The molecule has 0 unspecified atom stereocenters. The molecule has 2 fully saturated rings. The van der Waals surface area contributed by atoms with E-state index in [0.717, 1.165) is 17.8 Å². The number of carbonyl (C=O) groups excluding carboxylic acids is 2. The number of carbonyl (C=O) groups is 2. The van der Waals surface area contributed by atoms with Gasteiger partial charge in [0.25, 0.3) is 0 Å². The van der Waals surface area contributed by atoms with Gasteiger partial charge in [0, 0.05) is 36.7 Å². The number of hydrogen-bond donors (Lipinski definition) is 2. The minimum absolute atomic E-state index is 0.103. The zero-order chi connectivity index (χ0) is 21.8. The summed E-state index contributed by atoms with van der Waals surface area (Å²) in [6, 6.07) is 16.1. The highest BCUT2D eigenvalue weighted by Crippen LogP contribution is 2.30. The van der Waals surface area contributed by atoms with Crippen LogP contribution in [0.25, 0.3) is 0 Å². The molecule has 2 aromatic carbocycles. The maximum Gasteiger partial charge on any atom is 0.319 e. The minimum atomic E-state index is -1.08. The molecule has 4 rings (SSSR count). The summed E-state index contributed by atoms with van der Waals surface area (Å²) in [6.45, 7) is 3.68. The molecule has 0 aliphatic carbocycles. The summed E-state index contributed by atoms with van der Waals surface area (Å²) in [7, 11) is 0. The van der Waals surface area contributed by atoms with Crippen LogP contribution in [-0.4, -0.2) is 43.3 Å². The maximum absolute atomic E-state index is 14.1. The van der Waals surface area contributed by atoms with E-state index < -0.39 is 11.7 Å². The normalized spacial score (nSPS) is 21.0. The van der Waals surface area contributed by atoms with Crippen molar-refractivity contribution in [1.29, 1.82) is 0 Å². The Labute approximate surface area is 182 Å². The van der Waals surface area contributed by atoms with Crippen LogP contribution in [0.4, 0.5) is 26.2 Å². The van der Waals surface area contributed by atoms with Crippen molar-refractivity contribution in [2.24, 2.45) is 0 Å². The Hall–Kier alpha value is -3.09. The zero-order valence-corrected chi connectivity index (χ0v) is 17.8. The molecule has 6 nitrogen and oxygen atoms in total. The van der Waals surface area contributed by atoms with Gasteiger partial charge in [-0.25, -0.2) is 9.18 Å². The smallest absolute Gasteiger partial charge is 0.319 e. The molecule has 1 atom stereocenters. The van der Waals surface area contributed by atoms with E-state index in [1.807, 2.05) is 42.5 Å². The van der Waals surface area contributed by atoms with Gasteiger partial charge in [0.2, 0.25) is 5.91 Å². The SMILES string of the molecule is CC1(F)CCN(c2ccc(N3CCC[C@@H](NC(=O)Nc4ccccc4)C3=O)cc2)CC1. The lowest BCUT2D eigenvalue weighted by Gasteiger charge is -2.36. The molecule has 2 aromatic rings. The Morgan fingerprint density at radius 2 is 1.65 bits per heavy atom. The summed E-state index contributed by atoms with van der Waals surface area (Å²) >= 11 is 0.